The van der Waals surface area contributed by atoms with Gasteiger partial charge in [0.2, 0.25) is 0 Å². The zero-order valence-corrected chi connectivity index (χ0v) is 12.4. The first-order valence-electron chi connectivity index (χ1n) is 7.42. The van der Waals surface area contributed by atoms with E-state index in [1.165, 1.54) is 0 Å². The molecule has 1 heterocycles. The van der Waals surface area contributed by atoms with Crippen LogP contribution >= 0.6 is 0 Å². The molecule has 4 nitrogen and oxygen atoms in total. The van der Waals surface area contributed by atoms with Gasteiger partial charge in [0.15, 0.2) is 0 Å². The lowest BCUT2D eigenvalue weighted by Crippen LogP contribution is -2.41. The van der Waals surface area contributed by atoms with Crippen LogP contribution in [0.3, 0.4) is 0 Å². The number of carbonyl (C=O) groups excluding carboxylic acids is 1. The molecule has 1 aromatic rings. The van der Waals surface area contributed by atoms with E-state index in [1.807, 2.05) is 36.1 Å². The largest absolute Gasteiger partial charge is 0.392 e. The number of nitrogens with zero attached hydrogens (tertiary/aromatic N) is 2. The Kier molecular flexibility index (Phi) is 5.15. The fraction of sp³-hybridized carbons (Fsp3) is 0.562. The van der Waals surface area contributed by atoms with Crippen molar-refractivity contribution in [2.45, 2.75) is 32.9 Å². The molecule has 0 spiro atoms. The summed E-state index contributed by atoms with van der Waals surface area (Å²) >= 11 is 0. The number of carbonyl (C=O) groups is 1. The second-order valence-electron chi connectivity index (χ2n) is 5.28. The van der Waals surface area contributed by atoms with E-state index in [1.54, 1.807) is 0 Å². The van der Waals surface area contributed by atoms with Crippen LogP contribution in [-0.2, 0) is 6.61 Å². The summed E-state index contributed by atoms with van der Waals surface area (Å²) in [5.74, 6) is 0.0972. The summed E-state index contributed by atoms with van der Waals surface area (Å²) in [6.45, 7) is 8.05. The van der Waals surface area contributed by atoms with E-state index >= 15 is 0 Å². The lowest BCUT2D eigenvalue weighted by molar-refractivity contribution is 0.0694. The Bertz CT molecular complexity index is 444. The number of amides is 1. The summed E-state index contributed by atoms with van der Waals surface area (Å²) in [6.07, 6.45) is 1.06. The number of likely N-dealkylation sites (N-methyl/N-ethyl adjacent to an activating group) is 2. The third-order valence-electron chi connectivity index (χ3n) is 4.12. The molecule has 1 amide bonds. The van der Waals surface area contributed by atoms with Crippen LogP contribution in [0.15, 0.2) is 24.3 Å². The molecule has 4 heteroatoms. The smallest absolute Gasteiger partial charge is 0.254 e. The number of rotatable bonds is 5. The molecule has 110 valence electrons. The predicted molar refractivity (Wildman–Crippen MR) is 79.6 cm³/mol. The highest BCUT2D eigenvalue weighted by Gasteiger charge is 2.29. The predicted octanol–water partition coefficient (Wildman–Crippen LogP) is 1.74. The van der Waals surface area contributed by atoms with Gasteiger partial charge in [-0.2, -0.15) is 0 Å². The van der Waals surface area contributed by atoms with Gasteiger partial charge in [0.25, 0.3) is 5.91 Å². The first kappa shape index (κ1) is 15.0. The Morgan fingerprint density at radius 1 is 1.35 bits per heavy atom. The molecular formula is C16H24N2O2. The maximum absolute atomic E-state index is 12.6. The Labute approximate surface area is 121 Å². The molecule has 0 aromatic heterocycles. The van der Waals surface area contributed by atoms with E-state index in [0.29, 0.717) is 11.6 Å². The highest BCUT2D eigenvalue weighted by Crippen LogP contribution is 2.18. The standard InChI is InChI=1S/C16H24N2O2/c1-3-17-10-9-15(11-17)18(4-2)16(20)14-7-5-13(12-19)6-8-14/h5-8,15,19H,3-4,9-12H2,1-2H3. The molecule has 2 rings (SSSR count). The summed E-state index contributed by atoms with van der Waals surface area (Å²) in [5.41, 5.74) is 1.54. The van der Waals surface area contributed by atoms with Gasteiger partial charge in [-0.25, -0.2) is 0 Å². The molecule has 0 radical (unpaired) electrons. The van der Waals surface area contributed by atoms with Gasteiger partial charge >= 0.3 is 0 Å². The van der Waals surface area contributed by atoms with E-state index in [-0.39, 0.29) is 12.5 Å². The summed E-state index contributed by atoms with van der Waals surface area (Å²) in [5, 5.41) is 9.05. The molecule has 1 aromatic carbocycles. The Morgan fingerprint density at radius 3 is 2.55 bits per heavy atom. The van der Waals surface area contributed by atoms with Crippen molar-refractivity contribution in [1.82, 2.24) is 9.80 Å². The molecule has 0 bridgehead atoms. The van der Waals surface area contributed by atoms with Crippen molar-refractivity contribution in [3.8, 4) is 0 Å². The molecular weight excluding hydrogens is 252 g/mol. The highest BCUT2D eigenvalue weighted by molar-refractivity contribution is 5.94. The molecule has 1 N–H and O–H groups in total. The van der Waals surface area contributed by atoms with Crippen molar-refractivity contribution in [3.05, 3.63) is 35.4 Å². The topological polar surface area (TPSA) is 43.8 Å². The fourth-order valence-corrected chi connectivity index (χ4v) is 2.84. The Balaban J connectivity index is 2.08. The summed E-state index contributed by atoms with van der Waals surface area (Å²) < 4.78 is 0. The van der Waals surface area contributed by atoms with Crippen molar-refractivity contribution in [3.63, 3.8) is 0 Å². The third kappa shape index (κ3) is 3.19. The van der Waals surface area contributed by atoms with E-state index in [4.69, 9.17) is 5.11 Å². The molecule has 20 heavy (non-hydrogen) atoms. The number of hydrogen-bond donors (Lipinski definition) is 1. The van der Waals surface area contributed by atoms with Crippen molar-refractivity contribution in [2.24, 2.45) is 0 Å². The summed E-state index contributed by atoms with van der Waals surface area (Å²) in [6, 6.07) is 7.57. The van der Waals surface area contributed by atoms with Crippen LogP contribution < -0.4 is 0 Å². The van der Waals surface area contributed by atoms with Gasteiger partial charge in [0, 0.05) is 31.2 Å². The fourth-order valence-electron chi connectivity index (χ4n) is 2.84. The minimum atomic E-state index is 0.0139. The molecule has 1 atom stereocenters. The van der Waals surface area contributed by atoms with Crippen LogP contribution in [0, 0.1) is 0 Å². The number of aliphatic hydroxyl groups excluding tert-OH is 1. The number of benzene rings is 1. The maximum Gasteiger partial charge on any atom is 0.254 e. The quantitative estimate of drug-likeness (QED) is 0.891. The lowest BCUT2D eigenvalue weighted by Gasteiger charge is -2.28. The first-order valence-corrected chi connectivity index (χ1v) is 7.42. The van der Waals surface area contributed by atoms with Crippen LogP contribution in [-0.4, -0.2) is 53.0 Å². The van der Waals surface area contributed by atoms with E-state index in [2.05, 4.69) is 11.8 Å². The van der Waals surface area contributed by atoms with Crippen LogP contribution in [0.1, 0.15) is 36.2 Å². The van der Waals surface area contributed by atoms with Crippen molar-refractivity contribution >= 4 is 5.91 Å². The lowest BCUT2D eigenvalue weighted by atomic mass is 10.1. The number of hydrogen-bond acceptors (Lipinski definition) is 3. The molecule has 1 fully saturated rings. The van der Waals surface area contributed by atoms with Gasteiger partial charge in [-0.3, -0.25) is 4.79 Å². The van der Waals surface area contributed by atoms with E-state index < -0.39 is 0 Å². The molecule has 1 aliphatic rings. The van der Waals surface area contributed by atoms with Crippen LogP contribution in [0.5, 0.6) is 0 Å². The van der Waals surface area contributed by atoms with E-state index in [0.717, 1.165) is 38.2 Å². The SMILES string of the molecule is CCN1CCC(N(CC)C(=O)c2ccc(CO)cc2)C1. The van der Waals surface area contributed by atoms with Crippen molar-refractivity contribution in [1.29, 1.82) is 0 Å². The van der Waals surface area contributed by atoms with Gasteiger partial charge in [0.05, 0.1) is 6.61 Å². The summed E-state index contributed by atoms with van der Waals surface area (Å²) in [7, 11) is 0. The zero-order chi connectivity index (χ0) is 14.5. The minimum absolute atomic E-state index is 0.0139. The average molecular weight is 276 g/mol. The molecule has 1 unspecified atom stereocenters. The third-order valence-corrected chi connectivity index (χ3v) is 4.12. The molecule has 1 aliphatic heterocycles. The van der Waals surface area contributed by atoms with Gasteiger partial charge in [0.1, 0.15) is 0 Å². The van der Waals surface area contributed by atoms with Gasteiger partial charge in [-0.05, 0) is 37.6 Å². The van der Waals surface area contributed by atoms with Crippen LogP contribution in [0.4, 0.5) is 0 Å². The van der Waals surface area contributed by atoms with Gasteiger partial charge in [-0.15, -0.1) is 0 Å². The average Bonchev–Trinajstić information content (AvgIpc) is 2.96. The van der Waals surface area contributed by atoms with Gasteiger partial charge in [-0.1, -0.05) is 19.1 Å². The van der Waals surface area contributed by atoms with Gasteiger partial charge < -0.3 is 14.9 Å². The minimum Gasteiger partial charge on any atom is -0.392 e. The normalized spacial score (nSPS) is 19.2. The monoisotopic (exact) mass is 276 g/mol. The van der Waals surface area contributed by atoms with Crippen LogP contribution in [0.2, 0.25) is 0 Å². The Hall–Kier alpha value is -1.39. The summed E-state index contributed by atoms with van der Waals surface area (Å²) in [4.78, 5) is 17.0. The molecule has 1 saturated heterocycles. The second-order valence-corrected chi connectivity index (χ2v) is 5.28. The van der Waals surface area contributed by atoms with Crippen molar-refractivity contribution in [2.75, 3.05) is 26.2 Å². The molecule has 0 saturated carbocycles. The molecule has 0 aliphatic carbocycles. The van der Waals surface area contributed by atoms with Crippen molar-refractivity contribution < 1.29 is 9.90 Å². The number of aliphatic hydroxyl groups is 1. The highest BCUT2D eigenvalue weighted by atomic mass is 16.3. The number of likely N-dealkylation sites (tertiary alicyclic amines) is 1. The zero-order valence-electron chi connectivity index (χ0n) is 12.4. The Morgan fingerprint density at radius 2 is 2.05 bits per heavy atom. The maximum atomic E-state index is 12.6. The van der Waals surface area contributed by atoms with Crippen LogP contribution in [0.25, 0.3) is 0 Å². The van der Waals surface area contributed by atoms with E-state index in [9.17, 15) is 4.79 Å². The first-order chi connectivity index (χ1) is 9.69. The second kappa shape index (κ2) is 6.86.